The van der Waals surface area contributed by atoms with Crippen molar-refractivity contribution in [3.63, 3.8) is 0 Å². The molecule has 3 N–H and O–H groups in total. The van der Waals surface area contributed by atoms with Crippen LogP contribution in [0.3, 0.4) is 0 Å². The maximum atomic E-state index is 12.1. The van der Waals surface area contributed by atoms with E-state index in [4.69, 9.17) is 15.6 Å². The summed E-state index contributed by atoms with van der Waals surface area (Å²) in [6, 6.07) is 5.11. The van der Waals surface area contributed by atoms with Gasteiger partial charge in [-0.1, -0.05) is 18.2 Å². The average molecular weight is 249 g/mol. The van der Waals surface area contributed by atoms with E-state index in [-0.39, 0.29) is 6.54 Å². The highest BCUT2D eigenvalue weighted by atomic mass is 19.4. The van der Waals surface area contributed by atoms with Gasteiger partial charge in [0, 0.05) is 12.1 Å². The molecular formula is C11H14F3NO2. The number of aliphatic hydroxyl groups is 1. The molecule has 3 nitrogen and oxygen atoms in total. The summed E-state index contributed by atoms with van der Waals surface area (Å²) in [6.45, 7) is 1.04. The molecule has 0 fully saturated rings. The Morgan fingerprint density at radius 2 is 2.06 bits per heavy atom. The summed E-state index contributed by atoms with van der Waals surface area (Å²) < 4.78 is 41.2. The van der Waals surface area contributed by atoms with Crippen molar-refractivity contribution in [3.8, 4) is 5.75 Å². The van der Waals surface area contributed by atoms with Crippen LogP contribution in [0.2, 0.25) is 0 Å². The minimum absolute atomic E-state index is 0.166. The molecule has 0 saturated carbocycles. The Morgan fingerprint density at radius 3 is 2.59 bits per heavy atom. The Balaban J connectivity index is 2.76. The molecule has 1 unspecified atom stereocenters. The molecule has 0 spiro atoms. The number of aryl methyl sites for hydroxylation is 1. The molecule has 0 heterocycles. The molecular weight excluding hydrogens is 235 g/mol. The molecule has 0 aliphatic heterocycles. The minimum Gasteiger partial charge on any atom is -0.490 e. The second kappa shape index (κ2) is 5.37. The lowest BCUT2D eigenvalue weighted by Crippen LogP contribution is -2.34. The van der Waals surface area contributed by atoms with Crippen molar-refractivity contribution in [2.45, 2.75) is 25.7 Å². The van der Waals surface area contributed by atoms with Gasteiger partial charge in [-0.25, -0.2) is 0 Å². The first kappa shape index (κ1) is 13.8. The zero-order chi connectivity index (χ0) is 13.1. The first-order valence-corrected chi connectivity index (χ1v) is 5.02. The SMILES string of the molecule is Cc1cccc(CN)c1OCC(O)C(F)(F)F. The third-order valence-electron chi connectivity index (χ3n) is 2.28. The maximum Gasteiger partial charge on any atom is 0.417 e. The number of ether oxygens (including phenoxy) is 1. The van der Waals surface area contributed by atoms with Gasteiger partial charge in [-0.3, -0.25) is 0 Å². The van der Waals surface area contributed by atoms with E-state index in [1.54, 1.807) is 25.1 Å². The predicted molar refractivity (Wildman–Crippen MR) is 56.6 cm³/mol. The Morgan fingerprint density at radius 1 is 1.41 bits per heavy atom. The van der Waals surface area contributed by atoms with E-state index in [0.717, 1.165) is 0 Å². The predicted octanol–water partition coefficient (Wildman–Crippen LogP) is 1.76. The highest BCUT2D eigenvalue weighted by molar-refractivity contribution is 5.40. The fraction of sp³-hybridized carbons (Fsp3) is 0.455. The lowest BCUT2D eigenvalue weighted by molar-refractivity contribution is -0.210. The normalized spacial score (nSPS) is 13.5. The Kier molecular flexibility index (Phi) is 4.36. The van der Waals surface area contributed by atoms with Crippen molar-refractivity contribution in [2.75, 3.05) is 6.61 Å². The number of aliphatic hydroxyl groups excluding tert-OH is 1. The van der Waals surface area contributed by atoms with Crippen LogP contribution in [0.4, 0.5) is 13.2 Å². The number of halogens is 3. The molecule has 1 aromatic carbocycles. The van der Waals surface area contributed by atoms with Crippen molar-refractivity contribution >= 4 is 0 Å². The first-order valence-electron chi connectivity index (χ1n) is 5.02. The molecule has 0 aromatic heterocycles. The van der Waals surface area contributed by atoms with E-state index < -0.39 is 18.9 Å². The molecule has 1 atom stereocenters. The van der Waals surface area contributed by atoms with E-state index in [1.807, 2.05) is 0 Å². The summed E-state index contributed by atoms with van der Waals surface area (Å²) in [4.78, 5) is 0. The largest absolute Gasteiger partial charge is 0.490 e. The van der Waals surface area contributed by atoms with Gasteiger partial charge in [-0.2, -0.15) is 13.2 Å². The van der Waals surface area contributed by atoms with E-state index in [2.05, 4.69) is 0 Å². The van der Waals surface area contributed by atoms with Gasteiger partial charge in [0.15, 0.2) is 6.10 Å². The Hall–Kier alpha value is -1.27. The second-order valence-corrected chi connectivity index (χ2v) is 3.64. The lowest BCUT2D eigenvalue weighted by atomic mass is 10.1. The van der Waals surface area contributed by atoms with Crippen molar-refractivity contribution in [2.24, 2.45) is 5.73 Å². The van der Waals surface area contributed by atoms with E-state index >= 15 is 0 Å². The monoisotopic (exact) mass is 249 g/mol. The zero-order valence-electron chi connectivity index (χ0n) is 9.29. The van der Waals surface area contributed by atoms with Gasteiger partial charge >= 0.3 is 6.18 Å². The summed E-state index contributed by atoms with van der Waals surface area (Å²) in [5.74, 6) is 0.304. The van der Waals surface area contributed by atoms with Crippen LogP contribution in [0.1, 0.15) is 11.1 Å². The second-order valence-electron chi connectivity index (χ2n) is 3.64. The minimum atomic E-state index is -4.68. The van der Waals surface area contributed by atoms with E-state index in [9.17, 15) is 13.2 Å². The fourth-order valence-electron chi connectivity index (χ4n) is 1.34. The number of hydrogen-bond donors (Lipinski definition) is 2. The highest BCUT2D eigenvalue weighted by Crippen LogP contribution is 2.25. The number of alkyl halides is 3. The highest BCUT2D eigenvalue weighted by Gasteiger charge is 2.38. The van der Waals surface area contributed by atoms with Crippen LogP contribution in [-0.4, -0.2) is 24.0 Å². The third-order valence-corrected chi connectivity index (χ3v) is 2.28. The smallest absolute Gasteiger partial charge is 0.417 e. The number of para-hydroxylation sites is 1. The zero-order valence-corrected chi connectivity index (χ0v) is 9.29. The van der Waals surface area contributed by atoms with Crippen molar-refractivity contribution in [1.82, 2.24) is 0 Å². The van der Waals surface area contributed by atoms with E-state index in [0.29, 0.717) is 16.9 Å². The summed E-state index contributed by atoms with van der Waals surface area (Å²) in [5, 5.41) is 8.82. The third kappa shape index (κ3) is 3.61. The van der Waals surface area contributed by atoms with Gasteiger partial charge in [0.2, 0.25) is 0 Å². The summed E-state index contributed by atoms with van der Waals surface area (Å²) in [6.07, 6.45) is -7.17. The standard InChI is InChI=1S/C11H14F3NO2/c1-7-3-2-4-8(5-15)10(7)17-6-9(16)11(12,13)14/h2-4,9,16H,5-6,15H2,1H3. The molecule has 1 rings (SSSR count). The molecule has 0 aliphatic rings. The molecule has 0 radical (unpaired) electrons. The number of benzene rings is 1. The van der Waals surface area contributed by atoms with Gasteiger partial charge in [0.25, 0.3) is 0 Å². The van der Waals surface area contributed by atoms with Crippen LogP contribution in [0.25, 0.3) is 0 Å². The molecule has 17 heavy (non-hydrogen) atoms. The number of rotatable bonds is 4. The lowest BCUT2D eigenvalue weighted by Gasteiger charge is -2.18. The van der Waals surface area contributed by atoms with Crippen LogP contribution in [-0.2, 0) is 6.54 Å². The number of nitrogens with two attached hydrogens (primary N) is 1. The molecule has 96 valence electrons. The Bertz CT molecular complexity index is 379. The van der Waals surface area contributed by atoms with Crippen LogP contribution < -0.4 is 10.5 Å². The first-order chi connectivity index (χ1) is 7.86. The van der Waals surface area contributed by atoms with Crippen LogP contribution in [0, 0.1) is 6.92 Å². The molecule has 1 aromatic rings. The van der Waals surface area contributed by atoms with Gasteiger partial charge in [-0.05, 0) is 12.5 Å². The van der Waals surface area contributed by atoms with Crippen LogP contribution in [0.5, 0.6) is 5.75 Å². The molecule has 0 aliphatic carbocycles. The Labute approximate surface area is 97.0 Å². The average Bonchev–Trinajstić information content (AvgIpc) is 2.25. The van der Waals surface area contributed by atoms with E-state index in [1.165, 1.54) is 0 Å². The van der Waals surface area contributed by atoms with Gasteiger partial charge in [-0.15, -0.1) is 0 Å². The van der Waals surface area contributed by atoms with Crippen molar-refractivity contribution in [3.05, 3.63) is 29.3 Å². The summed E-state index contributed by atoms with van der Waals surface area (Å²) in [5.41, 5.74) is 6.74. The molecule has 0 bridgehead atoms. The van der Waals surface area contributed by atoms with Gasteiger partial charge in [0.1, 0.15) is 12.4 Å². The molecule has 0 amide bonds. The molecule has 0 saturated heterocycles. The van der Waals surface area contributed by atoms with Crippen LogP contribution in [0.15, 0.2) is 18.2 Å². The molecule has 6 heteroatoms. The maximum absolute atomic E-state index is 12.1. The van der Waals surface area contributed by atoms with Crippen LogP contribution >= 0.6 is 0 Å². The van der Waals surface area contributed by atoms with Crippen molar-refractivity contribution in [1.29, 1.82) is 0 Å². The van der Waals surface area contributed by atoms with Gasteiger partial charge < -0.3 is 15.6 Å². The quantitative estimate of drug-likeness (QED) is 0.854. The topological polar surface area (TPSA) is 55.5 Å². The fourth-order valence-corrected chi connectivity index (χ4v) is 1.34. The number of hydrogen-bond acceptors (Lipinski definition) is 3. The van der Waals surface area contributed by atoms with Gasteiger partial charge in [0.05, 0.1) is 0 Å². The summed E-state index contributed by atoms with van der Waals surface area (Å²) >= 11 is 0. The van der Waals surface area contributed by atoms with Crippen molar-refractivity contribution < 1.29 is 23.0 Å². The summed E-state index contributed by atoms with van der Waals surface area (Å²) in [7, 11) is 0.